The lowest BCUT2D eigenvalue weighted by Crippen LogP contribution is -2.45. The minimum atomic E-state index is -0.837. The van der Waals surface area contributed by atoms with Crippen molar-refractivity contribution in [3.8, 4) is 0 Å². The van der Waals surface area contributed by atoms with Crippen LogP contribution in [0.3, 0.4) is 0 Å². The average Bonchev–Trinajstić information content (AvgIpc) is 3.00. The lowest BCUT2D eigenvalue weighted by Gasteiger charge is -2.23. The van der Waals surface area contributed by atoms with Crippen LogP contribution < -0.4 is 5.32 Å². The summed E-state index contributed by atoms with van der Waals surface area (Å²) < 4.78 is 5.72. The maximum Gasteiger partial charge on any atom is 0.307 e. The summed E-state index contributed by atoms with van der Waals surface area (Å²) in [4.78, 5) is 23.7. The van der Waals surface area contributed by atoms with E-state index in [9.17, 15) is 14.7 Å². The van der Waals surface area contributed by atoms with E-state index in [1.807, 2.05) is 6.92 Å². The molecular weight excluding hydrogens is 258 g/mol. The molecule has 1 heterocycles. The standard InChI is InChI=1S/C15H23NO4/c1-8-6-10(11(7-8)15(18)19)14(17)16-12-4-5-20-13(12)9-2-3-9/h8-13H,2-7H2,1H3,(H,16,17)(H,18,19)/t8?,10-,11+,12?,13?/m0/s1. The van der Waals surface area contributed by atoms with E-state index in [2.05, 4.69) is 5.32 Å². The maximum atomic E-state index is 12.4. The number of amides is 1. The molecule has 3 aliphatic rings. The van der Waals surface area contributed by atoms with E-state index in [-0.39, 0.29) is 24.0 Å². The van der Waals surface area contributed by atoms with Crippen molar-refractivity contribution in [3.63, 3.8) is 0 Å². The van der Waals surface area contributed by atoms with Gasteiger partial charge in [0.25, 0.3) is 0 Å². The van der Waals surface area contributed by atoms with Gasteiger partial charge in [-0.05, 0) is 43.9 Å². The SMILES string of the molecule is CC1C[C@H](C(=O)NC2CCOC2C2CC2)[C@H](C(=O)O)C1. The molecule has 5 nitrogen and oxygen atoms in total. The number of carboxylic acid groups (broad SMARTS) is 1. The van der Waals surface area contributed by atoms with Gasteiger partial charge < -0.3 is 15.2 Å². The van der Waals surface area contributed by atoms with E-state index in [0.717, 1.165) is 6.42 Å². The molecule has 3 rings (SSSR count). The smallest absolute Gasteiger partial charge is 0.307 e. The molecule has 5 atom stereocenters. The van der Waals surface area contributed by atoms with Crippen molar-refractivity contribution in [2.45, 2.75) is 51.2 Å². The Morgan fingerprint density at radius 1 is 1.15 bits per heavy atom. The van der Waals surface area contributed by atoms with Gasteiger partial charge in [0.1, 0.15) is 0 Å². The molecule has 0 aromatic carbocycles. The van der Waals surface area contributed by atoms with E-state index in [1.54, 1.807) is 0 Å². The number of nitrogens with one attached hydrogen (secondary N) is 1. The highest BCUT2D eigenvalue weighted by atomic mass is 16.5. The van der Waals surface area contributed by atoms with Crippen LogP contribution in [0.4, 0.5) is 0 Å². The van der Waals surface area contributed by atoms with Gasteiger partial charge in [0.05, 0.1) is 24.0 Å². The number of rotatable bonds is 4. The molecular formula is C15H23NO4. The van der Waals surface area contributed by atoms with Crippen LogP contribution in [0.5, 0.6) is 0 Å². The van der Waals surface area contributed by atoms with Crippen LogP contribution in [0, 0.1) is 23.7 Å². The first kappa shape index (κ1) is 13.9. The number of carbonyl (C=O) groups excluding carboxylic acids is 1. The summed E-state index contributed by atoms with van der Waals surface area (Å²) in [6.45, 7) is 2.73. The zero-order valence-electron chi connectivity index (χ0n) is 11.9. The van der Waals surface area contributed by atoms with Gasteiger partial charge >= 0.3 is 5.97 Å². The van der Waals surface area contributed by atoms with Gasteiger partial charge in [0.2, 0.25) is 5.91 Å². The average molecular weight is 281 g/mol. The molecule has 0 bridgehead atoms. The highest BCUT2D eigenvalue weighted by molar-refractivity contribution is 5.85. The monoisotopic (exact) mass is 281 g/mol. The van der Waals surface area contributed by atoms with Crippen molar-refractivity contribution in [2.75, 3.05) is 6.61 Å². The van der Waals surface area contributed by atoms with Crippen LogP contribution in [-0.2, 0) is 14.3 Å². The number of hydrogen-bond donors (Lipinski definition) is 2. The predicted molar refractivity (Wildman–Crippen MR) is 72.0 cm³/mol. The number of aliphatic carboxylic acids is 1. The lowest BCUT2D eigenvalue weighted by atomic mass is 9.94. The Balaban J connectivity index is 1.61. The largest absolute Gasteiger partial charge is 0.481 e. The van der Waals surface area contributed by atoms with Gasteiger partial charge in [-0.25, -0.2) is 0 Å². The lowest BCUT2D eigenvalue weighted by molar-refractivity contribution is -0.146. The van der Waals surface area contributed by atoms with Crippen LogP contribution in [0.15, 0.2) is 0 Å². The van der Waals surface area contributed by atoms with Gasteiger partial charge in [0.15, 0.2) is 0 Å². The Labute approximate surface area is 119 Å². The molecule has 112 valence electrons. The van der Waals surface area contributed by atoms with Crippen LogP contribution in [0.1, 0.15) is 39.0 Å². The molecule has 5 heteroatoms. The topological polar surface area (TPSA) is 75.6 Å². The van der Waals surface area contributed by atoms with E-state index in [0.29, 0.717) is 31.3 Å². The fourth-order valence-corrected chi connectivity index (χ4v) is 3.80. The zero-order chi connectivity index (χ0) is 14.3. The maximum absolute atomic E-state index is 12.4. The molecule has 2 saturated carbocycles. The van der Waals surface area contributed by atoms with E-state index >= 15 is 0 Å². The zero-order valence-corrected chi connectivity index (χ0v) is 11.9. The molecule has 0 aromatic heterocycles. The molecule has 20 heavy (non-hydrogen) atoms. The van der Waals surface area contributed by atoms with Gasteiger partial charge in [0, 0.05) is 6.61 Å². The van der Waals surface area contributed by atoms with E-state index in [1.165, 1.54) is 12.8 Å². The third-order valence-corrected chi connectivity index (χ3v) is 5.00. The Morgan fingerprint density at radius 3 is 2.50 bits per heavy atom. The summed E-state index contributed by atoms with van der Waals surface area (Å²) in [6, 6.07) is 0.0837. The summed E-state index contributed by atoms with van der Waals surface area (Å²) in [7, 11) is 0. The molecule has 2 aliphatic carbocycles. The van der Waals surface area contributed by atoms with E-state index < -0.39 is 11.9 Å². The molecule has 1 aliphatic heterocycles. The van der Waals surface area contributed by atoms with Crippen molar-refractivity contribution >= 4 is 11.9 Å². The molecule has 1 saturated heterocycles. The Bertz CT molecular complexity index is 407. The molecule has 2 N–H and O–H groups in total. The summed E-state index contributed by atoms with van der Waals surface area (Å²) in [6.07, 6.45) is 4.68. The Kier molecular flexibility index (Phi) is 3.71. The minimum Gasteiger partial charge on any atom is -0.481 e. The molecule has 0 radical (unpaired) electrons. The summed E-state index contributed by atoms with van der Waals surface area (Å²) in [5.74, 6) is -0.903. The Hall–Kier alpha value is -1.10. The highest BCUT2D eigenvalue weighted by Gasteiger charge is 2.45. The van der Waals surface area contributed by atoms with Crippen molar-refractivity contribution < 1.29 is 19.4 Å². The van der Waals surface area contributed by atoms with Crippen LogP contribution >= 0.6 is 0 Å². The summed E-state index contributed by atoms with van der Waals surface area (Å²) in [5.41, 5.74) is 0. The first-order valence-electron chi connectivity index (χ1n) is 7.71. The van der Waals surface area contributed by atoms with Crippen LogP contribution in [0.25, 0.3) is 0 Å². The summed E-state index contributed by atoms with van der Waals surface area (Å²) in [5, 5.41) is 12.3. The number of carbonyl (C=O) groups is 2. The van der Waals surface area contributed by atoms with Crippen LogP contribution in [0.2, 0.25) is 0 Å². The third-order valence-electron chi connectivity index (χ3n) is 5.00. The second kappa shape index (κ2) is 5.35. The van der Waals surface area contributed by atoms with Gasteiger partial charge in [-0.3, -0.25) is 9.59 Å². The van der Waals surface area contributed by atoms with E-state index in [4.69, 9.17) is 4.74 Å². The number of hydrogen-bond acceptors (Lipinski definition) is 3. The van der Waals surface area contributed by atoms with Crippen molar-refractivity contribution in [1.82, 2.24) is 5.32 Å². The van der Waals surface area contributed by atoms with Gasteiger partial charge in [-0.1, -0.05) is 6.92 Å². The predicted octanol–water partition coefficient (Wildman–Crippen LogP) is 1.42. The van der Waals surface area contributed by atoms with Gasteiger partial charge in [-0.15, -0.1) is 0 Å². The van der Waals surface area contributed by atoms with Crippen LogP contribution in [-0.4, -0.2) is 35.7 Å². The fraction of sp³-hybridized carbons (Fsp3) is 0.867. The molecule has 3 unspecified atom stereocenters. The fourth-order valence-electron chi connectivity index (χ4n) is 3.80. The Morgan fingerprint density at radius 2 is 1.85 bits per heavy atom. The molecule has 1 amide bonds. The molecule has 0 spiro atoms. The quantitative estimate of drug-likeness (QED) is 0.817. The van der Waals surface area contributed by atoms with Crippen molar-refractivity contribution in [2.24, 2.45) is 23.7 Å². The minimum absolute atomic E-state index is 0.0806. The van der Waals surface area contributed by atoms with Gasteiger partial charge in [-0.2, -0.15) is 0 Å². The first-order chi connectivity index (χ1) is 9.56. The number of carboxylic acids is 1. The second-order valence-electron chi connectivity index (χ2n) is 6.70. The first-order valence-corrected chi connectivity index (χ1v) is 7.71. The molecule has 0 aromatic rings. The second-order valence-corrected chi connectivity index (χ2v) is 6.70. The molecule has 3 fully saturated rings. The summed E-state index contributed by atoms with van der Waals surface area (Å²) >= 11 is 0. The number of ether oxygens (including phenoxy) is 1. The highest BCUT2D eigenvalue weighted by Crippen LogP contribution is 2.40. The third kappa shape index (κ3) is 2.68. The van der Waals surface area contributed by atoms with Crippen molar-refractivity contribution in [1.29, 1.82) is 0 Å². The normalized spacial score (nSPS) is 40.8. The van der Waals surface area contributed by atoms with Crippen molar-refractivity contribution in [3.05, 3.63) is 0 Å².